The predicted molar refractivity (Wildman–Crippen MR) is 125 cm³/mol. The van der Waals surface area contributed by atoms with E-state index in [9.17, 15) is 9.59 Å². The average molecular weight is 421 g/mol. The minimum Gasteiger partial charge on any atom is -0.497 e. The molecule has 1 aliphatic heterocycles. The van der Waals surface area contributed by atoms with E-state index >= 15 is 0 Å². The number of methoxy groups -OCH3 is 1. The number of ether oxygens (including phenoxy) is 1. The van der Waals surface area contributed by atoms with Crippen LogP contribution in [0.2, 0.25) is 0 Å². The lowest BCUT2D eigenvalue weighted by atomic mass is 9.91. The number of rotatable bonds is 2. The molecule has 0 unspecified atom stereocenters. The van der Waals surface area contributed by atoms with Crippen LogP contribution in [-0.4, -0.2) is 18.9 Å². The molecule has 0 spiro atoms. The number of anilines is 1. The minimum absolute atomic E-state index is 0.317. The van der Waals surface area contributed by atoms with E-state index in [0.29, 0.717) is 39.1 Å². The molecule has 0 aliphatic carbocycles. The topological polar surface area (TPSA) is 59.8 Å². The van der Waals surface area contributed by atoms with Crippen molar-refractivity contribution < 1.29 is 18.7 Å². The molecule has 0 saturated carbocycles. The van der Waals surface area contributed by atoms with Gasteiger partial charge in [-0.1, -0.05) is 30.3 Å². The van der Waals surface area contributed by atoms with Gasteiger partial charge in [0.25, 0.3) is 11.8 Å². The standard InChI is InChI=1S/C27H19NO4/c1-14-6-4-7-15(2)24(14)28-26(29)18-9-5-8-17-23(18)21(27(28)30)13-20-19-12-16(31-3)10-11-22(19)32-25(17)20/h4-13H,1-3H3. The first-order chi connectivity index (χ1) is 15.5. The maximum atomic E-state index is 13.8. The lowest BCUT2D eigenvalue weighted by Gasteiger charge is -2.29. The first-order valence-electron chi connectivity index (χ1n) is 10.4. The van der Waals surface area contributed by atoms with Gasteiger partial charge in [0, 0.05) is 32.7 Å². The molecule has 32 heavy (non-hydrogen) atoms. The Labute approximate surface area is 183 Å². The van der Waals surface area contributed by atoms with Crippen LogP contribution in [0.4, 0.5) is 5.69 Å². The molecule has 0 fully saturated rings. The third kappa shape index (κ3) is 2.33. The van der Waals surface area contributed by atoms with Gasteiger partial charge in [-0.05, 0) is 55.3 Å². The second-order valence-electron chi connectivity index (χ2n) is 8.18. The number of carbonyl (C=O) groups is 2. The number of furan rings is 1. The molecule has 156 valence electrons. The molecule has 1 aliphatic rings. The summed E-state index contributed by atoms with van der Waals surface area (Å²) >= 11 is 0. The van der Waals surface area contributed by atoms with E-state index in [1.165, 1.54) is 4.90 Å². The van der Waals surface area contributed by atoms with Gasteiger partial charge in [-0.15, -0.1) is 0 Å². The summed E-state index contributed by atoms with van der Waals surface area (Å²) in [4.78, 5) is 28.7. The molecule has 0 bridgehead atoms. The summed E-state index contributed by atoms with van der Waals surface area (Å²) in [7, 11) is 1.62. The number of benzene rings is 4. The largest absolute Gasteiger partial charge is 0.497 e. The summed E-state index contributed by atoms with van der Waals surface area (Å²) in [6.07, 6.45) is 0. The van der Waals surface area contributed by atoms with Crippen molar-refractivity contribution in [3.8, 4) is 5.75 Å². The Bertz CT molecular complexity index is 1610. The first-order valence-corrected chi connectivity index (χ1v) is 10.4. The highest BCUT2D eigenvalue weighted by atomic mass is 16.5. The molecule has 0 radical (unpaired) electrons. The van der Waals surface area contributed by atoms with E-state index in [4.69, 9.17) is 9.15 Å². The minimum atomic E-state index is -0.324. The zero-order chi connectivity index (χ0) is 22.1. The van der Waals surface area contributed by atoms with E-state index < -0.39 is 0 Å². The van der Waals surface area contributed by atoms with Crippen LogP contribution in [0.5, 0.6) is 5.75 Å². The van der Waals surface area contributed by atoms with Crippen LogP contribution in [0.3, 0.4) is 0 Å². The zero-order valence-corrected chi connectivity index (χ0v) is 17.9. The number of amides is 2. The Morgan fingerprint density at radius 2 is 1.50 bits per heavy atom. The molecule has 0 N–H and O–H groups in total. The van der Waals surface area contributed by atoms with Gasteiger partial charge in [-0.25, -0.2) is 4.90 Å². The number of aryl methyl sites for hydroxylation is 2. The Balaban J connectivity index is 1.72. The molecule has 5 nitrogen and oxygen atoms in total. The van der Waals surface area contributed by atoms with Gasteiger partial charge in [-0.3, -0.25) is 9.59 Å². The van der Waals surface area contributed by atoms with E-state index in [1.807, 2.05) is 68.4 Å². The molecule has 0 saturated heterocycles. The van der Waals surface area contributed by atoms with Gasteiger partial charge in [0.1, 0.15) is 16.9 Å². The van der Waals surface area contributed by atoms with Crippen LogP contribution in [0.1, 0.15) is 31.8 Å². The molecule has 4 aromatic carbocycles. The lowest BCUT2D eigenvalue weighted by molar-refractivity contribution is 0.0893. The van der Waals surface area contributed by atoms with Crippen molar-refractivity contribution in [3.63, 3.8) is 0 Å². The zero-order valence-electron chi connectivity index (χ0n) is 17.9. The number of fused-ring (bicyclic) bond motifs is 4. The number of hydrogen-bond acceptors (Lipinski definition) is 4. The number of carbonyl (C=O) groups excluding carboxylic acids is 2. The van der Waals surface area contributed by atoms with Crippen LogP contribution in [0, 0.1) is 13.8 Å². The van der Waals surface area contributed by atoms with E-state index in [1.54, 1.807) is 13.2 Å². The third-order valence-corrected chi connectivity index (χ3v) is 6.33. The molecule has 2 heterocycles. The molecule has 0 atom stereocenters. The third-order valence-electron chi connectivity index (χ3n) is 6.33. The smallest absolute Gasteiger partial charge is 0.266 e. The van der Waals surface area contributed by atoms with Crippen molar-refractivity contribution >= 4 is 50.2 Å². The van der Waals surface area contributed by atoms with Gasteiger partial charge in [-0.2, -0.15) is 0 Å². The Kier molecular flexibility index (Phi) is 3.75. The van der Waals surface area contributed by atoms with Crippen molar-refractivity contribution in [1.82, 2.24) is 0 Å². The van der Waals surface area contributed by atoms with Crippen molar-refractivity contribution in [2.45, 2.75) is 13.8 Å². The second-order valence-corrected chi connectivity index (χ2v) is 8.18. The summed E-state index contributed by atoms with van der Waals surface area (Å²) in [5.41, 5.74) is 4.76. The number of para-hydroxylation sites is 1. The van der Waals surface area contributed by atoms with E-state index in [2.05, 4.69) is 0 Å². The summed E-state index contributed by atoms with van der Waals surface area (Å²) in [5.74, 6) is 0.0687. The van der Waals surface area contributed by atoms with Crippen LogP contribution in [0.15, 0.2) is 65.1 Å². The summed E-state index contributed by atoms with van der Waals surface area (Å²) < 4.78 is 11.6. The molecule has 2 amide bonds. The van der Waals surface area contributed by atoms with Gasteiger partial charge < -0.3 is 9.15 Å². The number of hydrogen-bond donors (Lipinski definition) is 0. The highest BCUT2D eigenvalue weighted by Gasteiger charge is 2.36. The van der Waals surface area contributed by atoms with Gasteiger partial charge in [0.2, 0.25) is 0 Å². The number of imide groups is 1. The summed E-state index contributed by atoms with van der Waals surface area (Å²) in [6.45, 7) is 3.83. The van der Waals surface area contributed by atoms with Crippen LogP contribution >= 0.6 is 0 Å². The predicted octanol–water partition coefficient (Wildman–Crippen LogP) is 6.17. The van der Waals surface area contributed by atoms with Crippen molar-refractivity contribution in [2.24, 2.45) is 0 Å². The van der Waals surface area contributed by atoms with E-state index in [-0.39, 0.29) is 11.8 Å². The average Bonchev–Trinajstić information content (AvgIpc) is 3.17. The van der Waals surface area contributed by atoms with Gasteiger partial charge in [0.15, 0.2) is 0 Å². The summed E-state index contributed by atoms with van der Waals surface area (Å²) in [6, 6.07) is 18.7. The number of nitrogens with zero attached hydrogens (tertiary/aromatic N) is 1. The molecule has 5 heteroatoms. The van der Waals surface area contributed by atoms with Crippen LogP contribution in [-0.2, 0) is 0 Å². The fraction of sp³-hybridized carbons (Fsp3) is 0.111. The SMILES string of the molecule is COc1ccc2oc3c4cccc5c4c(cc3c2c1)C(=O)N(c1c(C)cccc1C)C5=O. The van der Waals surface area contributed by atoms with E-state index in [0.717, 1.165) is 27.3 Å². The maximum Gasteiger partial charge on any atom is 0.266 e. The monoisotopic (exact) mass is 421 g/mol. The van der Waals surface area contributed by atoms with Crippen molar-refractivity contribution in [1.29, 1.82) is 0 Å². The quantitative estimate of drug-likeness (QED) is 0.320. The van der Waals surface area contributed by atoms with Gasteiger partial charge in [0.05, 0.1) is 12.8 Å². The fourth-order valence-electron chi connectivity index (χ4n) is 4.86. The highest BCUT2D eigenvalue weighted by molar-refractivity contribution is 6.38. The maximum absolute atomic E-state index is 13.8. The molecule has 6 rings (SSSR count). The highest BCUT2D eigenvalue weighted by Crippen LogP contribution is 2.42. The normalized spacial score (nSPS) is 13.5. The van der Waals surface area contributed by atoms with Crippen molar-refractivity contribution in [2.75, 3.05) is 12.0 Å². The fourth-order valence-corrected chi connectivity index (χ4v) is 4.86. The van der Waals surface area contributed by atoms with Crippen LogP contribution < -0.4 is 9.64 Å². The molecule has 5 aromatic rings. The molecular formula is C27H19NO4. The molecule has 1 aromatic heterocycles. The van der Waals surface area contributed by atoms with Crippen LogP contribution in [0.25, 0.3) is 32.7 Å². The molecular weight excluding hydrogens is 402 g/mol. The van der Waals surface area contributed by atoms with Crippen molar-refractivity contribution in [3.05, 3.63) is 82.9 Å². The summed E-state index contributed by atoms with van der Waals surface area (Å²) in [5, 5.41) is 3.09. The lowest BCUT2D eigenvalue weighted by Crippen LogP contribution is -2.41. The second kappa shape index (κ2) is 6.44. The Hall–Kier alpha value is -4.12. The Morgan fingerprint density at radius 3 is 2.25 bits per heavy atom. The Morgan fingerprint density at radius 1 is 0.781 bits per heavy atom. The first kappa shape index (κ1) is 18.6. The van der Waals surface area contributed by atoms with Gasteiger partial charge >= 0.3 is 0 Å².